The molecule has 0 aliphatic heterocycles. The van der Waals surface area contributed by atoms with Gasteiger partial charge in [0.1, 0.15) is 17.7 Å². The number of rotatable bonds is 4. The maximum Gasteiger partial charge on any atom is 0.256 e. The molecule has 5 heteroatoms. The van der Waals surface area contributed by atoms with E-state index in [2.05, 4.69) is 9.97 Å². The standard InChI is InChI=1S/C10H17N3O2/c1-4-6-8(11)12-9(13-10(6)14)7(5-2)15-3/h7H,4-5H2,1-3H3,(H3,11,12,13,14). The molecule has 1 aromatic rings. The molecule has 1 unspecified atom stereocenters. The van der Waals surface area contributed by atoms with Gasteiger partial charge in [-0.25, -0.2) is 4.98 Å². The van der Waals surface area contributed by atoms with Crippen molar-refractivity contribution in [1.82, 2.24) is 9.97 Å². The number of nitrogens with two attached hydrogens (primary N) is 1. The lowest BCUT2D eigenvalue weighted by Crippen LogP contribution is -2.21. The third kappa shape index (κ3) is 2.36. The third-order valence-corrected chi connectivity index (χ3v) is 2.38. The Morgan fingerprint density at radius 2 is 2.20 bits per heavy atom. The summed E-state index contributed by atoms with van der Waals surface area (Å²) in [7, 11) is 1.58. The quantitative estimate of drug-likeness (QED) is 0.778. The van der Waals surface area contributed by atoms with Crippen LogP contribution < -0.4 is 11.3 Å². The van der Waals surface area contributed by atoms with E-state index in [0.717, 1.165) is 6.42 Å². The van der Waals surface area contributed by atoms with Crippen molar-refractivity contribution in [3.8, 4) is 0 Å². The lowest BCUT2D eigenvalue weighted by molar-refractivity contribution is 0.0924. The molecule has 0 fully saturated rings. The molecule has 0 aliphatic carbocycles. The highest BCUT2D eigenvalue weighted by molar-refractivity contribution is 5.37. The lowest BCUT2D eigenvalue weighted by Gasteiger charge is -2.13. The molecule has 1 rings (SSSR count). The molecule has 15 heavy (non-hydrogen) atoms. The van der Waals surface area contributed by atoms with Gasteiger partial charge in [-0.15, -0.1) is 0 Å². The second kappa shape index (κ2) is 4.93. The smallest absolute Gasteiger partial charge is 0.256 e. The Morgan fingerprint density at radius 3 is 2.60 bits per heavy atom. The second-order valence-corrected chi connectivity index (χ2v) is 3.30. The Labute approximate surface area is 88.7 Å². The monoisotopic (exact) mass is 211 g/mol. The fourth-order valence-corrected chi connectivity index (χ4v) is 1.50. The van der Waals surface area contributed by atoms with Crippen molar-refractivity contribution in [2.45, 2.75) is 32.8 Å². The zero-order chi connectivity index (χ0) is 11.4. The minimum atomic E-state index is -0.203. The normalized spacial score (nSPS) is 12.7. The molecular weight excluding hydrogens is 194 g/mol. The van der Waals surface area contributed by atoms with E-state index >= 15 is 0 Å². The topological polar surface area (TPSA) is 81.0 Å². The Kier molecular flexibility index (Phi) is 3.85. The average Bonchev–Trinajstić information content (AvgIpc) is 2.19. The molecule has 0 spiro atoms. The van der Waals surface area contributed by atoms with Gasteiger partial charge in [-0.05, 0) is 12.8 Å². The van der Waals surface area contributed by atoms with Crippen LogP contribution in [0.3, 0.4) is 0 Å². The summed E-state index contributed by atoms with van der Waals surface area (Å²) in [6.07, 6.45) is 1.12. The van der Waals surface area contributed by atoms with E-state index in [0.29, 0.717) is 23.6 Å². The minimum Gasteiger partial charge on any atom is -0.383 e. The van der Waals surface area contributed by atoms with Crippen molar-refractivity contribution in [2.75, 3.05) is 12.8 Å². The molecule has 84 valence electrons. The lowest BCUT2D eigenvalue weighted by atomic mass is 10.2. The van der Waals surface area contributed by atoms with E-state index in [1.165, 1.54) is 0 Å². The van der Waals surface area contributed by atoms with Crippen LogP contribution in [0.5, 0.6) is 0 Å². The van der Waals surface area contributed by atoms with Gasteiger partial charge in [-0.2, -0.15) is 0 Å². The van der Waals surface area contributed by atoms with Gasteiger partial charge < -0.3 is 15.5 Å². The number of methoxy groups -OCH3 is 1. The molecule has 3 N–H and O–H groups in total. The highest BCUT2D eigenvalue weighted by atomic mass is 16.5. The van der Waals surface area contributed by atoms with Gasteiger partial charge in [0.05, 0.1) is 5.56 Å². The third-order valence-electron chi connectivity index (χ3n) is 2.38. The van der Waals surface area contributed by atoms with Crippen molar-refractivity contribution in [1.29, 1.82) is 0 Å². The van der Waals surface area contributed by atoms with E-state index in [1.54, 1.807) is 7.11 Å². The highest BCUT2D eigenvalue weighted by Gasteiger charge is 2.14. The number of aromatic nitrogens is 2. The van der Waals surface area contributed by atoms with Crippen molar-refractivity contribution in [3.63, 3.8) is 0 Å². The van der Waals surface area contributed by atoms with Crippen LogP contribution in [-0.4, -0.2) is 17.1 Å². The summed E-state index contributed by atoms with van der Waals surface area (Å²) in [5.41, 5.74) is 6.05. The summed E-state index contributed by atoms with van der Waals surface area (Å²) in [5.74, 6) is 0.798. The largest absolute Gasteiger partial charge is 0.383 e. The first-order chi connectivity index (χ1) is 7.13. The molecule has 1 aromatic heterocycles. The van der Waals surface area contributed by atoms with Crippen molar-refractivity contribution in [3.05, 3.63) is 21.7 Å². The zero-order valence-electron chi connectivity index (χ0n) is 9.33. The molecule has 0 aromatic carbocycles. The maximum atomic E-state index is 11.6. The maximum absolute atomic E-state index is 11.6. The predicted molar refractivity (Wildman–Crippen MR) is 58.7 cm³/mol. The Bertz CT molecular complexity index is 383. The van der Waals surface area contributed by atoms with Crippen LogP contribution in [-0.2, 0) is 11.2 Å². The Balaban J connectivity index is 3.19. The zero-order valence-corrected chi connectivity index (χ0v) is 9.33. The molecule has 0 radical (unpaired) electrons. The van der Waals surface area contributed by atoms with Gasteiger partial charge in [0, 0.05) is 7.11 Å². The van der Waals surface area contributed by atoms with E-state index in [-0.39, 0.29) is 11.7 Å². The van der Waals surface area contributed by atoms with Gasteiger partial charge in [0.2, 0.25) is 0 Å². The summed E-state index contributed by atoms with van der Waals surface area (Å²) in [6.45, 7) is 3.83. The fourth-order valence-electron chi connectivity index (χ4n) is 1.50. The number of nitrogens with one attached hydrogen (secondary N) is 1. The summed E-state index contributed by atoms with van der Waals surface area (Å²) < 4.78 is 5.18. The number of aromatic amines is 1. The Morgan fingerprint density at radius 1 is 1.53 bits per heavy atom. The highest BCUT2D eigenvalue weighted by Crippen LogP contribution is 2.16. The second-order valence-electron chi connectivity index (χ2n) is 3.30. The number of nitrogens with zero attached hydrogens (tertiary/aromatic N) is 1. The number of nitrogen functional groups attached to an aromatic ring is 1. The van der Waals surface area contributed by atoms with Crippen LogP contribution in [0.25, 0.3) is 0 Å². The molecule has 0 aliphatic rings. The van der Waals surface area contributed by atoms with Crippen LogP contribution in [0.4, 0.5) is 5.82 Å². The molecule has 1 atom stereocenters. The first-order valence-corrected chi connectivity index (χ1v) is 5.05. The summed E-state index contributed by atoms with van der Waals surface area (Å²) in [6, 6.07) is 0. The molecular formula is C10H17N3O2. The van der Waals surface area contributed by atoms with Gasteiger partial charge in [-0.1, -0.05) is 13.8 Å². The summed E-state index contributed by atoms with van der Waals surface area (Å²) in [4.78, 5) is 18.4. The number of hydrogen-bond acceptors (Lipinski definition) is 4. The number of H-pyrrole nitrogens is 1. The molecule has 5 nitrogen and oxygen atoms in total. The van der Waals surface area contributed by atoms with Gasteiger partial charge in [0.25, 0.3) is 5.56 Å². The molecule has 0 bridgehead atoms. The SMILES string of the molecule is CCc1c(N)nc(C(CC)OC)[nH]c1=O. The Hall–Kier alpha value is -1.36. The van der Waals surface area contributed by atoms with Gasteiger partial charge >= 0.3 is 0 Å². The summed E-state index contributed by atoms with van der Waals surface area (Å²) in [5, 5.41) is 0. The van der Waals surface area contributed by atoms with Crippen LogP contribution in [0.15, 0.2) is 4.79 Å². The first kappa shape index (κ1) is 11.7. The van der Waals surface area contributed by atoms with E-state index in [1.807, 2.05) is 13.8 Å². The van der Waals surface area contributed by atoms with Crippen molar-refractivity contribution < 1.29 is 4.74 Å². The average molecular weight is 211 g/mol. The molecule has 0 amide bonds. The van der Waals surface area contributed by atoms with Crippen molar-refractivity contribution >= 4 is 5.82 Å². The van der Waals surface area contributed by atoms with E-state index < -0.39 is 0 Å². The number of hydrogen-bond donors (Lipinski definition) is 2. The predicted octanol–water partition coefficient (Wildman–Crippen LogP) is 1.01. The van der Waals surface area contributed by atoms with Crippen LogP contribution >= 0.6 is 0 Å². The van der Waals surface area contributed by atoms with E-state index in [4.69, 9.17) is 10.5 Å². The molecule has 1 heterocycles. The molecule has 0 saturated heterocycles. The van der Waals surface area contributed by atoms with Crippen molar-refractivity contribution in [2.24, 2.45) is 0 Å². The van der Waals surface area contributed by atoms with Gasteiger partial charge in [-0.3, -0.25) is 4.79 Å². The summed E-state index contributed by atoms with van der Waals surface area (Å²) >= 11 is 0. The van der Waals surface area contributed by atoms with E-state index in [9.17, 15) is 4.79 Å². The minimum absolute atomic E-state index is 0.171. The molecule has 0 saturated carbocycles. The fraction of sp³-hybridized carbons (Fsp3) is 0.600. The first-order valence-electron chi connectivity index (χ1n) is 5.05. The van der Waals surface area contributed by atoms with Crippen LogP contribution in [0.2, 0.25) is 0 Å². The van der Waals surface area contributed by atoms with Crippen LogP contribution in [0, 0.1) is 0 Å². The van der Waals surface area contributed by atoms with Crippen LogP contribution in [0.1, 0.15) is 37.8 Å². The van der Waals surface area contributed by atoms with Gasteiger partial charge in [0.15, 0.2) is 0 Å². The number of ether oxygens (including phenoxy) is 1. The number of anilines is 1.